The van der Waals surface area contributed by atoms with Crippen LogP contribution < -0.4 is 5.32 Å². The molecule has 1 unspecified atom stereocenters. The summed E-state index contributed by atoms with van der Waals surface area (Å²) in [5.74, 6) is 0. The predicted molar refractivity (Wildman–Crippen MR) is 68.1 cm³/mol. The second kappa shape index (κ2) is 4.86. The molecule has 0 amide bonds. The largest absolute Gasteiger partial charge is 0.313 e. The van der Waals surface area contributed by atoms with Crippen molar-refractivity contribution in [3.05, 3.63) is 0 Å². The lowest BCUT2D eigenvalue weighted by Gasteiger charge is -2.25. The van der Waals surface area contributed by atoms with Crippen LogP contribution in [0.15, 0.2) is 0 Å². The summed E-state index contributed by atoms with van der Waals surface area (Å²) in [6.07, 6.45) is 6.92. The Kier molecular flexibility index (Phi) is 4.22. The van der Waals surface area contributed by atoms with E-state index in [0.717, 1.165) is 12.6 Å². The molecule has 90 valence electrons. The molecular formula is C14H29N. The van der Waals surface area contributed by atoms with Gasteiger partial charge in [-0.3, -0.25) is 0 Å². The fraction of sp³-hybridized carbons (Fsp3) is 1.00. The SMILES string of the molecule is CC(C)(C)CNC1CCCC(C)(C)CC1. The maximum atomic E-state index is 3.74. The van der Waals surface area contributed by atoms with E-state index in [-0.39, 0.29) is 0 Å². The molecule has 1 saturated carbocycles. The van der Waals surface area contributed by atoms with Gasteiger partial charge < -0.3 is 5.32 Å². The summed E-state index contributed by atoms with van der Waals surface area (Å²) in [5.41, 5.74) is 1.000. The Balaban J connectivity index is 2.32. The Morgan fingerprint density at radius 1 is 1.13 bits per heavy atom. The van der Waals surface area contributed by atoms with Crippen molar-refractivity contribution < 1.29 is 0 Å². The summed E-state index contributed by atoms with van der Waals surface area (Å²) in [7, 11) is 0. The van der Waals surface area contributed by atoms with E-state index in [2.05, 4.69) is 39.9 Å². The average molecular weight is 211 g/mol. The molecule has 15 heavy (non-hydrogen) atoms. The van der Waals surface area contributed by atoms with E-state index >= 15 is 0 Å². The van der Waals surface area contributed by atoms with Crippen molar-refractivity contribution in [2.45, 2.75) is 72.8 Å². The first-order chi connectivity index (χ1) is 6.79. The monoisotopic (exact) mass is 211 g/mol. The summed E-state index contributed by atoms with van der Waals surface area (Å²) < 4.78 is 0. The first kappa shape index (κ1) is 13.0. The summed E-state index contributed by atoms with van der Waals surface area (Å²) in [5, 5.41) is 3.74. The maximum Gasteiger partial charge on any atom is 0.00674 e. The molecule has 0 aromatic heterocycles. The third-order valence-electron chi connectivity index (χ3n) is 3.50. The topological polar surface area (TPSA) is 12.0 Å². The average Bonchev–Trinajstić information content (AvgIpc) is 2.22. The smallest absolute Gasteiger partial charge is 0.00674 e. The third-order valence-corrected chi connectivity index (χ3v) is 3.50. The van der Waals surface area contributed by atoms with Crippen molar-refractivity contribution in [2.75, 3.05) is 6.54 Å². The molecule has 1 nitrogen and oxygen atoms in total. The highest BCUT2D eigenvalue weighted by Crippen LogP contribution is 2.33. The molecule has 0 bridgehead atoms. The van der Waals surface area contributed by atoms with Crippen LogP contribution in [0.25, 0.3) is 0 Å². The van der Waals surface area contributed by atoms with Crippen molar-refractivity contribution in [2.24, 2.45) is 10.8 Å². The van der Waals surface area contributed by atoms with Crippen molar-refractivity contribution in [3.8, 4) is 0 Å². The van der Waals surface area contributed by atoms with E-state index in [1.54, 1.807) is 0 Å². The molecule has 0 aromatic carbocycles. The zero-order valence-electron chi connectivity index (χ0n) is 11.3. The minimum Gasteiger partial charge on any atom is -0.313 e. The molecule has 0 aromatic rings. The molecule has 1 aliphatic rings. The lowest BCUT2D eigenvalue weighted by molar-refractivity contribution is 0.302. The molecule has 1 fully saturated rings. The van der Waals surface area contributed by atoms with Crippen LogP contribution in [0.5, 0.6) is 0 Å². The van der Waals surface area contributed by atoms with E-state index in [4.69, 9.17) is 0 Å². The van der Waals surface area contributed by atoms with Gasteiger partial charge in [-0.1, -0.05) is 41.0 Å². The van der Waals surface area contributed by atoms with Crippen LogP contribution in [0.4, 0.5) is 0 Å². The summed E-state index contributed by atoms with van der Waals surface area (Å²) in [6.45, 7) is 12.9. The molecule has 0 aliphatic heterocycles. The summed E-state index contributed by atoms with van der Waals surface area (Å²) in [4.78, 5) is 0. The van der Waals surface area contributed by atoms with E-state index in [0.29, 0.717) is 10.8 Å². The van der Waals surface area contributed by atoms with Gasteiger partial charge in [-0.25, -0.2) is 0 Å². The number of hydrogen-bond acceptors (Lipinski definition) is 1. The van der Waals surface area contributed by atoms with Crippen LogP contribution in [-0.4, -0.2) is 12.6 Å². The first-order valence-electron chi connectivity index (χ1n) is 6.52. The van der Waals surface area contributed by atoms with Gasteiger partial charge in [0.2, 0.25) is 0 Å². The van der Waals surface area contributed by atoms with Gasteiger partial charge in [0, 0.05) is 12.6 Å². The highest BCUT2D eigenvalue weighted by atomic mass is 14.9. The molecule has 0 heterocycles. The highest BCUT2D eigenvalue weighted by molar-refractivity contribution is 4.80. The molecule has 0 spiro atoms. The van der Waals surface area contributed by atoms with Gasteiger partial charge in [0.15, 0.2) is 0 Å². The van der Waals surface area contributed by atoms with Crippen molar-refractivity contribution in [1.82, 2.24) is 5.32 Å². The second-order valence-corrected chi connectivity index (χ2v) is 7.23. The normalized spacial score (nSPS) is 27.4. The fourth-order valence-corrected chi connectivity index (χ4v) is 2.32. The quantitative estimate of drug-likeness (QED) is 0.681. The van der Waals surface area contributed by atoms with Crippen LogP contribution in [0, 0.1) is 10.8 Å². The number of nitrogens with one attached hydrogen (secondary N) is 1. The van der Waals surface area contributed by atoms with Crippen LogP contribution in [0.2, 0.25) is 0 Å². The zero-order valence-corrected chi connectivity index (χ0v) is 11.3. The van der Waals surface area contributed by atoms with Crippen molar-refractivity contribution >= 4 is 0 Å². The van der Waals surface area contributed by atoms with Gasteiger partial charge in [0.25, 0.3) is 0 Å². The third kappa shape index (κ3) is 5.55. The number of hydrogen-bond donors (Lipinski definition) is 1. The predicted octanol–water partition coefficient (Wildman–Crippen LogP) is 3.98. The van der Waals surface area contributed by atoms with E-state index in [1.165, 1.54) is 32.1 Å². The number of rotatable bonds is 2. The van der Waals surface area contributed by atoms with Gasteiger partial charge in [0.1, 0.15) is 0 Å². The van der Waals surface area contributed by atoms with Crippen LogP contribution in [0.3, 0.4) is 0 Å². The van der Waals surface area contributed by atoms with Gasteiger partial charge in [-0.2, -0.15) is 0 Å². The van der Waals surface area contributed by atoms with Crippen LogP contribution >= 0.6 is 0 Å². The van der Waals surface area contributed by atoms with E-state index < -0.39 is 0 Å². The Morgan fingerprint density at radius 3 is 2.40 bits per heavy atom. The first-order valence-corrected chi connectivity index (χ1v) is 6.52. The fourth-order valence-electron chi connectivity index (χ4n) is 2.32. The Morgan fingerprint density at radius 2 is 1.80 bits per heavy atom. The molecule has 0 saturated heterocycles. The molecule has 1 N–H and O–H groups in total. The summed E-state index contributed by atoms with van der Waals surface area (Å²) >= 11 is 0. The zero-order chi connectivity index (χ0) is 11.5. The highest BCUT2D eigenvalue weighted by Gasteiger charge is 2.24. The Bertz CT molecular complexity index is 188. The molecule has 0 radical (unpaired) electrons. The lowest BCUT2D eigenvalue weighted by atomic mass is 9.85. The molecule has 1 heteroatoms. The van der Waals surface area contributed by atoms with E-state index in [9.17, 15) is 0 Å². The summed E-state index contributed by atoms with van der Waals surface area (Å²) in [6, 6.07) is 0.769. The van der Waals surface area contributed by atoms with Gasteiger partial charge in [0.05, 0.1) is 0 Å². The minimum atomic E-state index is 0.418. The van der Waals surface area contributed by atoms with Gasteiger partial charge in [-0.05, 0) is 36.5 Å². The molecule has 1 atom stereocenters. The Labute approximate surface area is 96.0 Å². The van der Waals surface area contributed by atoms with Gasteiger partial charge >= 0.3 is 0 Å². The van der Waals surface area contributed by atoms with Gasteiger partial charge in [-0.15, -0.1) is 0 Å². The second-order valence-electron chi connectivity index (χ2n) is 7.23. The Hall–Kier alpha value is -0.0400. The standard InChI is InChI=1S/C14H29N/c1-13(2,3)11-15-12-7-6-9-14(4,5)10-8-12/h12,15H,6-11H2,1-5H3. The van der Waals surface area contributed by atoms with Crippen molar-refractivity contribution in [1.29, 1.82) is 0 Å². The van der Waals surface area contributed by atoms with Crippen molar-refractivity contribution in [3.63, 3.8) is 0 Å². The van der Waals surface area contributed by atoms with Crippen LogP contribution in [-0.2, 0) is 0 Å². The molecule has 1 rings (SSSR count). The maximum absolute atomic E-state index is 3.74. The minimum absolute atomic E-state index is 0.418. The molecular weight excluding hydrogens is 182 g/mol. The van der Waals surface area contributed by atoms with Crippen LogP contribution in [0.1, 0.15) is 66.7 Å². The molecule has 1 aliphatic carbocycles. The lowest BCUT2D eigenvalue weighted by Crippen LogP contribution is -2.35. The van der Waals surface area contributed by atoms with E-state index in [1.807, 2.05) is 0 Å².